The van der Waals surface area contributed by atoms with Gasteiger partial charge in [0.1, 0.15) is 5.76 Å². The largest absolute Gasteiger partial charge is 0.445 e. The molecule has 0 amide bonds. The molecule has 0 unspecified atom stereocenters. The molecule has 2 heterocycles. The summed E-state index contributed by atoms with van der Waals surface area (Å²) in [6.07, 6.45) is 2.59. The van der Waals surface area contributed by atoms with Gasteiger partial charge in [-0.1, -0.05) is 42.1 Å². The van der Waals surface area contributed by atoms with Crippen molar-refractivity contribution in [3.63, 3.8) is 0 Å². The zero-order valence-electron chi connectivity index (χ0n) is 12.1. The molecule has 4 nitrogen and oxygen atoms in total. The van der Waals surface area contributed by atoms with Gasteiger partial charge in [0.25, 0.3) is 0 Å². The van der Waals surface area contributed by atoms with Crippen molar-refractivity contribution in [1.29, 1.82) is 0 Å². The highest BCUT2D eigenvalue weighted by Gasteiger charge is 2.09. The van der Waals surface area contributed by atoms with Crippen LogP contribution >= 0.6 is 11.8 Å². The van der Waals surface area contributed by atoms with Crippen LogP contribution in [0.15, 0.2) is 46.1 Å². The van der Waals surface area contributed by atoms with Crippen LogP contribution in [0, 0.1) is 13.8 Å². The number of imidazole rings is 1. The number of aryl methyl sites for hydroxylation is 2. The molecule has 3 aromatic rings. The van der Waals surface area contributed by atoms with Crippen molar-refractivity contribution >= 4 is 11.8 Å². The van der Waals surface area contributed by atoms with Crippen molar-refractivity contribution in [2.45, 2.75) is 31.2 Å². The normalized spacial score (nSPS) is 11.0. The molecule has 5 heteroatoms. The van der Waals surface area contributed by atoms with Gasteiger partial charge in [0.2, 0.25) is 5.89 Å². The van der Waals surface area contributed by atoms with Crippen molar-refractivity contribution in [3.8, 4) is 0 Å². The first-order valence-electron chi connectivity index (χ1n) is 6.84. The first-order valence-corrected chi connectivity index (χ1v) is 7.83. The Morgan fingerprint density at radius 3 is 2.71 bits per heavy atom. The number of hydrogen-bond donors (Lipinski definition) is 1. The van der Waals surface area contributed by atoms with E-state index in [1.54, 1.807) is 18.0 Å². The van der Waals surface area contributed by atoms with E-state index in [1.807, 2.05) is 13.0 Å². The smallest absolute Gasteiger partial charge is 0.204 e. The summed E-state index contributed by atoms with van der Waals surface area (Å²) >= 11 is 1.61. The van der Waals surface area contributed by atoms with Crippen molar-refractivity contribution in [1.82, 2.24) is 15.0 Å². The maximum absolute atomic E-state index is 5.46. The molecule has 108 valence electrons. The Morgan fingerprint density at radius 1 is 1.19 bits per heavy atom. The van der Waals surface area contributed by atoms with Gasteiger partial charge in [-0.2, -0.15) is 0 Å². The third-order valence-electron chi connectivity index (χ3n) is 3.18. The predicted molar refractivity (Wildman–Crippen MR) is 83.4 cm³/mol. The molecule has 0 saturated carbocycles. The number of oxazole rings is 1. The van der Waals surface area contributed by atoms with Gasteiger partial charge in [-0.15, -0.1) is 0 Å². The highest BCUT2D eigenvalue weighted by Crippen LogP contribution is 2.22. The van der Waals surface area contributed by atoms with Gasteiger partial charge in [-0.05, 0) is 19.4 Å². The first-order chi connectivity index (χ1) is 10.2. The van der Waals surface area contributed by atoms with Crippen LogP contribution in [0.4, 0.5) is 0 Å². The topological polar surface area (TPSA) is 54.7 Å². The van der Waals surface area contributed by atoms with E-state index in [0.717, 1.165) is 34.6 Å². The van der Waals surface area contributed by atoms with Crippen LogP contribution in [0.25, 0.3) is 0 Å². The molecule has 21 heavy (non-hydrogen) atoms. The van der Waals surface area contributed by atoms with Crippen LogP contribution in [0.3, 0.4) is 0 Å². The van der Waals surface area contributed by atoms with Crippen molar-refractivity contribution in [3.05, 3.63) is 65.1 Å². The van der Waals surface area contributed by atoms with E-state index in [0.29, 0.717) is 5.75 Å². The lowest BCUT2D eigenvalue weighted by molar-refractivity contribution is 0.490. The Morgan fingerprint density at radius 2 is 2.00 bits per heavy atom. The fourth-order valence-electron chi connectivity index (χ4n) is 2.09. The molecule has 0 aliphatic heterocycles. The van der Waals surface area contributed by atoms with Crippen LogP contribution in [-0.4, -0.2) is 15.0 Å². The lowest BCUT2D eigenvalue weighted by Crippen LogP contribution is -1.90. The van der Waals surface area contributed by atoms with E-state index in [-0.39, 0.29) is 0 Å². The Bertz CT molecular complexity index is 718. The predicted octanol–water partition coefficient (Wildman–Crippen LogP) is 3.90. The van der Waals surface area contributed by atoms with E-state index >= 15 is 0 Å². The van der Waals surface area contributed by atoms with E-state index in [4.69, 9.17) is 4.42 Å². The SMILES string of the molecule is Cc1cnc(CSc2nc(Cc3ccccc3)c(C)[nH]2)o1. The zero-order chi connectivity index (χ0) is 14.7. The molecular weight excluding hydrogens is 282 g/mol. The van der Waals surface area contributed by atoms with E-state index in [1.165, 1.54) is 5.56 Å². The third kappa shape index (κ3) is 3.55. The lowest BCUT2D eigenvalue weighted by Gasteiger charge is -1.98. The molecule has 1 aromatic carbocycles. The maximum Gasteiger partial charge on any atom is 0.204 e. The molecule has 2 aromatic heterocycles. The van der Waals surface area contributed by atoms with Crippen LogP contribution in [0.2, 0.25) is 0 Å². The summed E-state index contributed by atoms with van der Waals surface area (Å²) < 4.78 is 5.46. The van der Waals surface area contributed by atoms with Crippen LogP contribution in [-0.2, 0) is 12.2 Å². The van der Waals surface area contributed by atoms with Crippen LogP contribution in [0.5, 0.6) is 0 Å². The minimum absolute atomic E-state index is 0.686. The number of benzene rings is 1. The van der Waals surface area contributed by atoms with Crippen molar-refractivity contribution in [2.24, 2.45) is 0 Å². The summed E-state index contributed by atoms with van der Waals surface area (Å²) in [6, 6.07) is 10.4. The molecule has 3 rings (SSSR count). The van der Waals surface area contributed by atoms with Crippen LogP contribution in [0.1, 0.15) is 28.6 Å². The summed E-state index contributed by atoms with van der Waals surface area (Å²) in [5, 5.41) is 0.911. The van der Waals surface area contributed by atoms with E-state index in [2.05, 4.69) is 46.1 Å². The van der Waals surface area contributed by atoms with Gasteiger partial charge in [0, 0.05) is 12.1 Å². The number of H-pyrrole nitrogens is 1. The van der Waals surface area contributed by atoms with Crippen molar-refractivity contribution < 1.29 is 4.42 Å². The van der Waals surface area contributed by atoms with Gasteiger partial charge >= 0.3 is 0 Å². The number of rotatable bonds is 5. The summed E-state index contributed by atoms with van der Waals surface area (Å²) in [4.78, 5) is 12.2. The lowest BCUT2D eigenvalue weighted by atomic mass is 10.1. The monoisotopic (exact) mass is 299 g/mol. The van der Waals surface area contributed by atoms with Gasteiger partial charge < -0.3 is 9.40 Å². The number of thioether (sulfide) groups is 1. The van der Waals surface area contributed by atoms with Crippen molar-refractivity contribution in [2.75, 3.05) is 0 Å². The van der Waals surface area contributed by atoms with E-state index < -0.39 is 0 Å². The Labute approximate surface area is 128 Å². The molecule has 0 spiro atoms. The molecular formula is C16H17N3OS. The van der Waals surface area contributed by atoms with Gasteiger partial charge in [-0.25, -0.2) is 9.97 Å². The number of nitrogens with one attached hydrogen (secondary N) is 1. The molecule has 0 bridgehead atoms. The highest BCUT2D eigenvalue weighted by atomic mass is 32.2. The van der Waals surface area contributed by atoms with Gasteiger partial charge in [-0.3, -0.25) is 0 Å². The number of aromatic nitrogens is 3. The third-order valence-corrected chi connectivity index (χ3v) is 4.04. The molecule has 0 radical (unpaired) electrons. The van der Waals surface area contributed by atoms with Gasteiger partial charge in [0.05, 0.1) is 17.6 Å². The van der Waals surface area contributed by atoms with Crippen LogP contribution < -0.4 is 0 Å². The Kier molecular flexibility index (Phi) is 4.10. The summed E-state index contributed by atoms with van der Waals surface area (Å²) in [5.41, 5.74) is 3.48. The van der Waals surface area contributed by atoms with Gasteiger partial charge in [0.15, 0.2) is 5.16 Å². The average molecular weight is 299 g/mol. The average Bonchev–Trinajstić information content (AvgIpc) is 3.04. The number of hydrogen-bond acceptors (Lipinski definition) is 4. The number of aromatic amines is 1. The molecule has 1 N–H and O–H groups in total. The molecule has 0 atom stereocenters. The standard InChI is InChI=1S/C16H17N3OS/c1-11-9-17-15(20-11)10-21-16-18-12(2)14(19-16)8-13-6-4-3-5-7-13/h3-7,9H,8,10H2,1-2H3,(H,18,19). The fourth-order valence-corrected chi connectivity index (χ4v) is 2.89. The number of nitrogens with zero attached hydrogens (tertiary/aromatic N) is 2. The molecule has 0 aliphatic carbocycles. The quantitative estimate of drug-likeness (QED) is 0.726. The highest BCUT2D eigenvalue weighted by molar-refractivity contribution is 7.98. The second-order valence-corrected chi connectivity index (χ2v) is 5.89. The fraction of sp³-hybridized carbons (Fsp3) is 0.250. The summed E-state index contributed by atoms with van der Waals surface area (Å²) in [5.74, 6) is 2.26. The Hall–Kier alpha value is -2.01. The zero-order valence-corrected chi connectivity index (χ0v) is 12.9. The summed E-state index contributed by atoms with van der Waals surface area (Å²) in [6.45, 7) is 3.96. The summed E-state index contributed by atoms with van der Waals surface area (Å²) in [7, 11) is 0. The molecule has 0 saturated heterocycles. The second-order valence-electron chi connectivity index (χ2n) is 4.93. The molecule has 0 fully saturated rings. The maximum atomic E-state index is 5.46. The minimum Gasteiger partial charge on any atom is -0.445 e. The first kappa shape index (κ1) is 13.9. The Balaban J connectivity index is 1.66. The molecule has 0 aliphatic rings. The second kappa shape index (κ2) is 6.18. The minimum atomic E-state index is 0.686. The van der Waals surface area contributed by atoms with E-state index in [9.17, 15) is 0 Å².